The van der Waals surface area contributed by atoms with Gasteiger partial charge < -0.3 is 5.32 Å². The molecule has 0 saturated carbocycles. The summed E-state index contributed by atoms with van der Waals surface area (Å²) in [6, 6.07) is 3.79. The summed E-state index contributed by atoms with van der Waals surface area (Å²) >= 11 is 0. The van der Waals surface area contributed by atoms with Crippen LogP contribution in [0, 0.1) is 0 Å². The van der Waals surface area contributed by atoms with E-state index in [4.69, 9.17) is 0 Å². The van der Waals surface area contributed by atoms with E-state index in [9.17, 15) is 4.39 Å². The van der Waals surface area contributed by atoms with Crippen LogP contribution in [0.3, 0.4) is 0 Å². The van der Waals surface area contributed by atoms with Gasteiger partial charge in [-0.15, -0.1) is 0 Å². The molecule has 1 fully saturated rings. The molecule has 1 unspecified atom stereocenters. The highest BCUT2D eigenvalue weighted by Crippen LogP contribution is 2.25. The number of alkyl halides is 1. The van der Waals surface area contributed by atoms with Gasteiger partial charge in [0.1, 0.15) is 5.67 Å². The van der Waals surface area contributed by atoms with Gasteiger partial charge in [0.15, 0.2) is 0 Å². The molecule has 0 aromatic carbocycles. The van der Waals surface area contributed by atoms with Gasteiger partial charge in [-0.1, -0.05) is 6.07 Å². The third kappa shape index (κ3) is 2.29. The molecule has 1 aromatic heterocycles. The van der Waals surface area contributed by atoms with Gasteiger partial charge in [-0.3, -0.25) is 4.98 Å². The molecule has 1 aliphatic rings. The van der Waals surface area contributed by atoms with Crippen LogP contribution in [0.15, 0.2) is 24.5 Å². The number of hydrogen-bond donors (Lipinski definition) is 1. The fourth-order valence-corrected chi connectivity index (χ4v) is 1.95. The fourth-order valence-electron chi connectivity index (χ4n) is 1.95. The highest BCUT2D eigenvalue weighted by atomic mass is 19.1. The number of nitrogens with one attached hydrogen (secondary N) is 1. The van der Waals surface area contributed by atoms with Crippen molar-refractivity contribution < 1.29 is 4.39 Å². The molecular weight excluding hydrogens is 179 g/mol. The molecule has 0 amide bonds. The summed E-state index contributed by atoms with van der Waals surface area (Å²) in [6.45, 7) is 1.42. The zero-order valence-electron chi connectivity index (χ0n) is 8.17. The van der Waals surface area contributed by atoms with Crippen molar-refractivity contribution in [3.05, 3.63) is 30.1 Å². The molecule has 14 heavy (non-hydrogen) atoms. The Balaban J connectivity index is 2.02. The largest absolute Gasteiger partial charge is 0.314 e. The number of pyridine rings is 1. The zero-order valence-corrected chi connectivity index (χ0v) is 8.17. The standard InChI is InChI=1S/C11H15FN2/c12-11(4-2-6-14-9-11)7-10-3-1-5-13-8-10/h1,3,5,8,14H,2,4,6-7,9H2. The van der Waals surface area contributed by atoms with Crippen molar-refractivity contribution in [3.8, 4) is 0 Å². The zero-order chi connectivity index (χ0) is 9.86. The second kappa shape index (κ2) is 4.05. The van der Waals surface area contributed by atoms with E-state index in [0.717, 1.165) is 18.5 Å². The third-order valence-corrected chi connectivity index (χ3v) is 2.66. The van der Waals surface area contributed by atoms with Gasteiger partial charge in [-0.05, 0) is 31.0 Å². The smallest absolute Gasteiger partial charge is 0.127 e. The Labute approximate surface area is 83.6 Å². The summed E-state index contributed by atoms with van der Waals surface area (Å²) in [5.41, 5.74) is -0.0833. The lowest BCUT2D eigenvalue weighted by Gasteiger charge is -2.30. The van der Waals surface area contributed by atoms with E-state index in [1.807, 2.05) is 12.1 Å². The topological polar surface area (TPSA) is 24.9 Å². The third-order valence-electron chi connectivity index (χ3n) is 2.66. The second-order valence-electron chi connectivity index (χ2n) is 3.97. The lowest BCUT2D eigenvalue weighted by Crippen LogP contribution is -2.43. The SMILES string of the molecule is FC1(Cc2cccnc2)CCCNC1. The van der Waals surface area contributed by atoms with Crippen LogP contribution in [-0.4, -0.2) is 23.7 Å². The molecule has 0 aliphatic carbocycles. The highest BCUT2D eigenvalue weighted by Gasteiger charge is 2.31. The van der Waals surface area contributed by atoms with E-state index >= 15 is 0 Å². The minimum atomic E-state index is -1.07. The Morgan fingerprint density at radius 3 is 3.14 bits per heavy atom. The maximum Gasteiger partial charge on any atom is 0.127 e. The summed E-state index contributed by atoms with van der Waals surface area (Å²) in [6.07, 6.45) is 5.53. The van der Waals surface area contributed by atoms with Gasteiger partial charge in [0.25, 0.3) is 0 Å². The quantitative estimate of drug-likeness (QED) is 0.775. The number of hydrogen-bond acceptors (Lipinski definition) is 2. The first kappa shape index (κ1) is 9.59. The number of rotatable bonds is 2. The molecule has 3 heteroatoms. The Bertz CT molecular complexity index is 281. The molecular formula is C11H15FN2. The summed E-state index contributed by atoms with van der Waals surface area (Å²) in [5.74, 6) is 0. The minimum Gasteiger partial charge on any atom is -0.314 e. The average molecular weight is 194 g/mol. The van der Waals surface area contributed by atoms with E-state index in [1.165, 1.54) is 0 Å². The van der Waals surface area contributed by atoms with Crippen molar-refractivity contribution in [1.29, 1.82) is 0 Å². The molecule has 1 saturated heterocycles. The van der Waals surface area contributed by atoms with Crippen molar-refractivity contribution in [2.75, 3.05) is 13.1 Å². The summed E-state index contributed by atoms with van der Waals surface area (Å²) in [7, 11) is 0. The van der Waals surface area contributed by atoms with E-state index < -0.39 is 5.67 Å². The molecule has 1 N–H and O–H groups in total. The molecule has 2 rings (SSSR count). The average Bonchev–Trinajstić information content (AvgIpc) is 2.19. The first-order valence-corrected chi connectivity index (χ1v) is 5.07. The Morgan fingerprint density at radius 1 is 1.57 bits per heavy atom. The van der Waals surface area contributed by atoms with Crippen molar-refractivity contribution in [3.63, 3.8) is 0 Å². The van der Waals surface area contributed by atoms with E-state index in [2.05, 4.69) is 10.3 Å². The first-order valence-electron chi connectivity index (χ1n) is 5.07. The maximum absolute atomic E-state index is 14.2. The number of halogens is 1. The fraction of sp³-hybridized carbons (Fsp3) is 0.545. The number of piperidine rings is 1. The predicted octanol–water partition coefficient (Wildman–Crippen LogP) is 1.72. The Hall–Kier alpha value is -0.960. The van der Waals surface area contributed by atoms with E-state index in [1.54, 1.807) is 12.4 Å². The molecule has 2 heterocycles. The predicted molar refractivity (Wildman–Crippen MR) is 53.9 cm³/mol. The van der Waals surface area contributed by atoms with Crippen LogP contribution >= 0.6 is 0 Å². The molecule has 2 nitrogen and oxygen atoms in total. The van der Waals surface area contributed by atoms with Gasteiger partial charge in [-0.25, -0.2) is 4.39 Å². The summed E-state index contributed by atoms with van der Waals surface area (Å²) in [5, 5.41) is 3.10. The van der Waals surface area contributed by atoms with Gasteiger partial charge in [0.2, 0.25) is 0 Å². The molecule has 0 bridgehead atoms. The van der Waals surface area contributed by atoms with Gasteiger partial charge in [0.05, 0.1) is 0 Å². The molecule has 1 aliphatic heterocycles. The molecule has 0 radical (unpaired) electrons. The lowest BCUT2D eigenvalue weighted by atomic mass is 9.90. The second-order valence-corrected chi connectivity index (χ2v) is 3.97. The van der Waals surface area contributed by atoms with Crippen LogP contribution < -0.4 is 5.32 Å². The number of nitrogens with zero attached hydrogens (tertiary/aromatic N) is 1. The molecule has 1 aromatic rings. The van der Waals surface area contributed by atoms with Crippen molar-refractivity contribution in [1.82, 2.24) is 10.3 Å². The van der Waals surface area contributed by atoms with E-state index in [0.29, 0.717) is 19.4 Å². The van der Waals surface area contributed by atoms with Crippen molar-refractivity contribution in [2.45, 2.75) is 24.9 Å². The number of aromatic nitrogens is 1. The normalized spacial score (nSPS) is 27.5. The minimum absolute atomic E-state index is 0.474. The Morgan fingerprint density at radius 2 is 2.50 bits per heavy atom. The van der Waals surface area contributed by atoms with Crippen LogP contribution in [0.25, 0.3) is 0 Å². The van der Waals surface area contributed by atoms with Crippen LogP contribution in [0.4, 0.5) is 4.39 Å². The summed E-state index contributed by atoms with van der Waals surface area (Å²) < 4.78 is 14.2. The van der Waals surface area contributed by atoms with Crippen LogP contribution in [-0.2, 0) is 6.42 Å². The van der Waals surface area contributed by atoms with Crippen LogP contribution in [0.2, 0.25) is 0 Å². The summed E-state index contributed by atoms with van der Waals surface area (Å²) in [4.78, 5) is 3.99. The van der Waals surface area contributed by atoms with Gasteiger partial charge in [-0.2, -0.15) is 0 Å². The molecule has 0 spiro atoms. The van der Waals surface area contributed by atoms with Crippen LogP contribution in [0.1, 0.15) is 18.4 Å². The van der Waals surface area contributed by atoms with Crippen LogP contribution in [0.5, 0.6) is 0 Å². The van der Waals surface area contributed by atoms with Gasteiger partial charge in [0, 0.05) is 25.4 Å². The first-order chi connectivity index (χ1) is 6.79. The van der Waals surface area contributed by atoms with Gasteiger partial charge >= 0.3 is 0 Å². The monoisotopic (exact) mass is 194 g/mol. The highest BCUT2D eigenvalue weighted by molar-refractivity contribution is 5.12. The maximum atomic E-state index is 14.2. The van der Waals surface area contributed by atoms with E-state index in [-0.39, 0.29) is 0 Å². The van der Waals surface area contributed by atoms with Crippen molar-refractivity contribution in [2.24, 2.45) is 0 Å². The molecule has 1 atom stereocenters. The Kier molecular flexibility index (Phi) is 2.77. The lowest BCUT2D eigenvalue weighted by molar-refractivity contribution is 0.122. The van der Waals surface area contributed by atoms with Crippen molar-refractivity contribution >= 4 is 0 Å². The molecule has 76 valence electrons.